The van der Waals surface area contributed by atoms with Gasteiger partial charge in [-0.2, -0.15) is 0 Å². The molecule has 2 aromatic carbocycles. The number of ether oxygens (including phenoxy) is 1. The van der Waals surface area contributed by atoms with Crippen LogP contribution in [0.2, 0.25) is 0 Å². The van der Waals surface area contributed by atoms with E-state index in [-0.39, 0.29) is 31.8 Å². The first-order valence-electron chi connectivity index (χ1n) is 25.4. The van der Waals surface area contributed by atoms with Crippen LogP contribution in [-0.4, -0.2) is 131 Å². The molecule has 0 aliphatic carbocycles. The number of hydrogen-bond acceptors (Lipinski definition) is 9. The number of benzene rings is 2. The summed E-state index contributed by atoms with van der Waals surface area (Å²) in [7, 11) is 4.30. The third kappa shape index (κ3) is 14.9. The van der Waals surface area contributed by atoms with Crippen molar-refractivity contribution in [2.45, 2.75) is 149 Å². The third-order valence-corrected chi connectivity index (χ3v) is 13.8. The van der Waals surface area contributed by atoms with Crippen LogP contribution in [0.4, 0.5) is 0 Å². The number of hydrogen-bond donors (Lipinski definition) is 6. The molecule has 2 heterocycles. The maximum Gasteiger partial charge on any atom is 0.246 e. The number of aliphatic hydroxyl groups is 1. The molecule has 7 amide bonds. The zero-order chi connectivity index (χ0) is 54.6. The van der Waals surface area contributed by atoms with Gasteiger partial charge in [-0.1, -0.05) is 108 Å². The summed E-state index contributed by atoms with van der Waals surface area (Å²) in [5.41, 5.74) is 2.39. The van der Waals surface area contributed by atoms with Crippen LogP contribution in [-0.2, 0) is 50.3 Å². The van der Waals surface area contributed by atoms with Crippen molar-refractivity contribution in [1.82, 2.24) is 41.0 Å². The largest absolute Gasteiger partial charge is 0.396 e. The molecule has 1 aromatic heterocycles. The molecule has 0 unspecified atom stereocenters. The van der Waals surface area contributed by atoms with E-state index >= 15 is 9.59 Å². The minimum Gasteiger partial charge on any atom is -0.396 e. The van der Waals surface area contributed by atoms with E-state index in [9.17, 15) is 29.1 Å². The molecule has 1 saturated heterocycles. The number of fused-ring (bicyclic) bond motifs is 1. The lowest BCUT2D eigenvalue weighted by atomic mass is 9.94. The summed E-state index contributed by atoms with van der Waals surface area (Å²) in [6.45, 7) is 23.7. The predicted octanol–water partition coefficient (Wildman–Crippen LogP) is 4.93. The van der Waals surface area contributed by atoms with Crippen LogP contribution in [0.25, 0.3) is 10.9 Å². The van der Waals surface area contributed by atoms with Crippen molar-refractivity contribution in [2.75, 3.05) is 27.8 Å². The minimum atomic E-state index is -1.45. The van der Waals surface area contributed by atoms with Crippen molar-refractivity contribution in [3.8, 4) is 0 Å². The van der Waals surface area contributed by atoms with Crippen molar-refractivity contribution in [1.29, 1.82) is 0 Å². The molecule has 400 valence electrons. The topological polar surface area (TPSA) is 221 Å². The summed E-state index contributed by atoms with van der Waals surface area (Å²) in [5, 5.41) is 25.4. The van der Waals surface area contributed by atoms with Crippen molar-refractivity contribution in [2.24, 2.45) is 23.7 Å². The van der Waals surface area contributed by atoms with Crippen molar-refractivity contribution >= 4 is 52.3 Å². The number of carbonyl (C=O) groups excluding carboxylic acids is 7. The number of nitrogens with one attached hydrogen (secondary N) is 5. The molecule has 73 heavy (non-hydrogen) atoms. The first-order valence-corrected chi connectivity index (χ1v) is 25.4. The van der Waals surface area contributed by atoms with Gasteiger partial charge in [0.2, 0.25) is 41.4 Å². The zero-order valence-electron chi connectivity index (χ0n) is 45.4. The van der Waals surface area contributed by atoms with Gasteiger partial charge in [0.05, 0.1) is 5.54 Å². The number of nitrogens with zero attached hydrogens (tertiary/aromatic N) is 3. The Bertz CT molecular complexity index is 2460. The Morgan fingerprint density at radius 2 is 1.27 bits per heavy atom. The summed E-state index contributed by atoms with van der Waals surface area (Å²) < 4.78 is 7.92. The van der Waals surface area contributed by atoms with Crippen molar-refractivity contribution < 1.29 is 43.4 Å². The molecule has 1 aliphatic heterocycles. The molecule has 0 bridgehead atoms. The summed E-state index contributed by atoms with van der Waals surface area (Å²) in [6.07, 6.45) is 4.58. The highest BCUT2D eigenvalue weighted by Gasteiger charge is 2.42. The van der Waals surface area contributed by atoms with Crippen LogP contribution in [0.1, 0.15) is 106 Å². The maximum atomic E-state index is 15.3. The second-order valence-corrected chi connectivity index (χ2v) is 21.4. The molecule has 4 rings (SSSR count). The van der Waals surface area contributed by atoms with Crippen LogP contribution in [0, 0.1) is 23.7 Å². The predicted molar refractivity (Wildman–Crippen MR) is 284 cm³/mol. The SMILES string of the molecule is C=CC(C)(C)n1cc(C[C@H]2NC(=O)[C@H]([C@@H](C)C=C(C)C)NC(=O)[C@H](CC(C)C)N(C)C(=O)[C@H](C(C)C)NC(=O)[C@H]([C@H](OC)c3ccccc3)NC(=O)[C@H](C)NC(=O)[C@H](C[C@@H](C)CO)N(C)C2=O)c2ccccc21. The van der Waals surface area contributed by atoms with Crippen LogP contribution >= 0.6 is 0 Å². The van der Waals surface area contributed by atoms with Crippen LogP contribution < -0.4 is 26.6 Å². The number of para-hydroxylation sites is 1. The number of aliphatic hydroxyl groups excluding tert-OH is 1. The van der Waals surface area contributed by atoms with Crippen LogP contribution in [0.3, 0.4) is 0 Å². The normalized spacial score (nSPS) is 24.0. The van der Waals surface area contributed by atoms with Crippen molar-refractivity contribution in [3.05, 3.63) is 96.2 Å². The monoisotopic (exact) mass is 1010 g/mol. The quantitative estimate of drug-likeness (QED) is 0.114. The van der Waals surface area contributed by atoms with E-state index < -0.39 is 113 Å². The molecule has 0 saturated carbocycles. The first-order chi connectivity index (χ1) is 34.3. The standard InChI is InChI=1S/C56H82N8O9/c1-16-56(11,12)64-30-39(40-24-20-21-25-42(40)64)29-41-54(71)62(13)44(28-35(8)31-65)50(67)57-37(10)49(66)61-47(48(73-15)38-22-18-17-19-23-38)53(70)59-45(34(6)7)55(72)63(14)43(27-33(4)5)51(68)60-46(52(69)58-41)36(9)26-32(2)3/h16-26,30,33-37,41,43-48,65H,1,27-29,31H2,2-15H3,(H,57,67)(H,58,69)(H,59,70)(H,60,68)(H,61,66)/t35-,36+,37+,41-,43+,44+,45+,46+,47+,48-/m1/s1. The number of allylic oxidation sites excluding steroid dienone is 2. The Balaban J connectivity index is 1.99. The molecule has 17 heteroatoms. The second kappa shape index (κ2) is 26.1. The number of likely N-dealkylation sites (N-methyl/N-ethyl adjacent to an activating group) is 2. The van der Waals surface area contributed by atoms with Crippen LogP contribution in [0.5, 0.6) is 0 Å². The first kappa shape index (κ1) is 59.2. The molecule has 3 aromatic rings. The Hall–Kier alpha value is -6.33. The molecule has 1 aliphatic rings. The lowest BCUT2D eigenvalue weighted by Gasteiger charge is -2.35. The Labute approximate surface area is 432 Å². The number of carbonyl (C=O) groups is 7. The molecule has 6 N–H and O–H groups in total. The van der Waals surface area contributed by atoms with E-state index in [0.29, 0.717) is 11.1 Å². The molecule has 0 spiro atoms. The highest BCUT2D eigenvalue weighted by molar-refractivity contribution is 5.99. The number of amides is 7. The van der Waals surface area contributed by atoms with Gasteiger partial charge in [-0.25, -0.2) is 0 Å². The second-order valence-electron chi connectivity index (χ2n) is 21.4. The van der Waals surface area contributed by atoms with Gasteiger partial charge < -0.3 is 50.8 Å². The smallest absolute Gasteiger partial charge is 0.246 e. The Morgan fingerprint density at radius 3 is 1.85 bits per heavy atom. The van der Waals surface area contributed by atoms with E-state index in [0.717, 1.165) is 16.5 Å². The van der Waals surface area contributed by atoms with E-state index in [1.807, 2.05) is 88.7 Å². The molecule has 10 atom stereocenters. The molecular formula is C56H82N8O9. The van der Waals surface area contributed by atoms with Gasteiger partial charge >= 0.3 is 0 Å². The van der Waals surface area contributed by atoms with Gasteiger partial charge in [0.1, 0.15) is 48.4 Å². The third-order valence-electron chi connectivity index (χ3n) is 13.8. The van der Waals surface area contributed by atoms with Gasteiger partial charge in [-0.05, 0) is 82.4 Å². The molecule has 17 nitrogen and oxygen atoms in total. The lowest BCUT2D eigenvalue weighted by molar-refractivity contribution is -0.145. The number of methoxy groups -OCH3 is 1. The van der Waals surface area contributed by atoms with Gasteiger partial charge in [-0.3, -0.25) is 33.6 Å². The summed E-state index contributed by atoms with van der Waals surface area (Å²) in [6, 6.07) is 7.44. The average molecular weight is 1010 g/mol. The summed E-state index contributed by atoms with van der Waals surface area (Å²) >= 11 is 0. The van der Waals surface area contributed by atoms with E-state index in [4.69, 9.17) is 4.74 Å². The highest BCUT2D eigenvalue weighted by atomic mass is 16.5. The van der Waals surface area contributed by atoms with E-state index in [1.165, 1.54) is 37.9 Å². The molecule has 1 fully saturated rings. The summed E-state index contributed by atoms with van der Waals surface area (Å²) in [5.74, 6) is -6.64. The fourth-order valence-electron chi connectivity index (χ4n) is 9.33. The van der Waals surface area contributed by atoms with Gasteiger partial charge in [-0.15, -0.1) is 6.58 Å². The van der Waals surface area contributed by atoms with Gasteiger partial charge in [0, 0.05) is 57.3 Å². The highest BCUT2D eigenvalue weighted by Crippen LogP contribution is 2.30. The van der Waals surface area contributed by atoms with Crippen LogP contribution in [0.15, 0.2) is 85.1 Å². The van der Waals surface area contributed by atoms with E-state index in [2.05, 4.69) is 33.2 Å². The lowest BCUT2D eigenvalue weighted by Crippen LogP contribution is -2.62. The fraction of sp³-hybridized carbons (Fsp3) is 0.554. The summed E-state index contributed by atoms with van der Waals surface area (Å²) in [4.78, 5) is 106. The Kier molecular flexibility index (Phi) is 21.1. The zero-order valence-corrected chi connectivity index (χ0v) is 45.4. The molecular weight excluding hydrogens is 929 g/mol. The van der Waals surface area contributed by atoms with Crippen molar-refractivity contribution in [3.63, 3.8) is 0 Å². The maximum absolute atomic E-state index is 15.3. The fourth-order valence-corrected chi connectivity index (χ4v) is 9.33. The van der Waals surface area contributed by atoms with Gasteiger partial charge in [0.15, 0.2) is 0 Å². The number of aromatic nitrogens is 1. The molecule has 0 radical (unpaired) electrons. The Morgan fingerprint density at radius 1 is 0.726 bits per heavy atom. The number of rotatable bonds is 15. The average Bonchev–Trinajstić information content (AvgIpc) is 3.72. The van der Waals surface area contributed by atoms with Gasteiger partial charge in [0.25, 0.3) is 0 Å². The van der Waals surface area contributed by atoms with E-state index in [1.54, 1.807) is 58.0 Å². The minimum absolute atomic E-state index is 0.0388.